The van der Waals surface area contributed by atoms with Gasteiger partial charge in [0, 0.05) is 12.7 Å². The number of benzene rings is 1. The number of hydrogen-bond donors (Lipinski definition) is 2. The predicted molar refractivity (Wildman–Crippen MR) is 71.3 cm³/mol. The Morgan fingerprint density at radius 2 is 2.06 bits per heavy atom. The maximum Gasteiger partial charge on any atom is 0.319 e. The smallest absolute Gasteiger partial charge is 0.319 e. The molecule has 0 bridgehead atoms. The van der Waals surface area contributed by atoms with E-state index in [0.29, 0.717) is 12.2 Å². The lowest BCUT2D eigenvalue weighted by atomic mass is 10.1. The molecular weight excluding hydrogens is 226 g/mol. The van der Waals surface area contributed by atoms with Gasteiger partial charge in [-0.15, -0.1) is 0 Å². The molecule has 2 N–H and O–H groups in total. The van der Waals surface area contributed by atoms with Gasteiger partial charge in [-0.1, -0.05) is 24.3 Å². The third-order valence-corrected chi connectivity index (χ3v) is 2.62. The van der Waals surface area contributed by atoms with Crippen molar-refractivity contribution in [3.8, 4) is 0 Å². The molecule has 92 valence electrons. The number of aryl methyl sites for hydroxylation is 1. The number of nitrogens with one attached hydrogen (secondary N) is 2. The number of carbonyl (C=O) groups is 1. The average Bonchev–Trinajstić information content (AvgIpc) is 2.39. The van der Waals surface area contributed by atoms with Gasteiger partial charge in [0.15, 0.2) is 0 Å². The molecule has 0 saturated heterocycles. The molecule has 0 fully saturated rings. The van der Waals surface area contributed by atoms with E-state index in [1.54, 1.807) is 24.5 Å². The van der Waals surface area contributed by atoms with Gasteiger partial charge in [0.25, 0.3) is 0 Å². The van der Waals surface area contributed by atoms with Crippen LogP contribution in [0.2, 0.25) is 0 Å². The number of pyridine rings is 1. The fraction of sp³-hybridized carbons (Fsp3) is 0.143. The van der Waals surface area contributed by atoms with Gasteiger partial charge in [-0.25, -0.2) is 4.79 Å². The molecule has 0 saturated carbocycles. The normalized spacial score (nSPS) is 9.83. The van der Waals surface area contributed by atoms with E-state index in [-0.39, 0.29) is 6.03 Å². The van der Waals surface area contributed by atoms with Crippen LogP contribution < -0.4 is 10.6 Å². The second kappa shape index (κ2) is 5.82. The number of rotatable bonds is 3. The maximum absolute atomic E-state index is 11.6. The molecule has 0 aliphatic rings. The van der Waals surface area contributed by atoms with E-state index in [0.717, 1.165) is 5.56 Å². The first-order valence-electron chi connectivity index (χ1n) is 5.75. The van der Waals surface area contributed by atoms with Crippen LogP contribution in [0.3, 0.4) is 0 Å². The van der Waals surface area contributed by atoms with Gasteiger partial charge >= 0.3 is 6.03 Å². The van der Waals surface area contributed by atoms with E-state index in [1.807, 2.05) is 31.2 Å². The van der Waals surface area contributed by atoms with Crippen LogP contribution >= 0.6 is 0 Å². The lowest BCUT2D eigenvalue weighted by Crippen LogP contribution is -2.28. The molecular formula is C14H15N3O. The lowest BCUT2D eigenvalue weighted by molar-refractivity contribution is 0.251. The summed E-state index contributed by atoms with van der Waals surface area (Å²) in [4.78, 5) is 15.6. The summed E-state index contributed by atoms with van der Waals surface area (Å²) >= 11 is 0. The molecule has 0 atom stereocenters. The monoisotopic (exact) mass is 241 g/mol. The zero-order valence-electron chi connectivity index (χ0n) is 10.2. The van der Waals surface area contributed by atoms with Crippen LogP contribution in [0, 0.1) is 6.92 Å². The fourth-order valence-corrected chi connectivity index (χ4v) is 1.60. The summed E-state index contributed by atoms with van der Waals surface area (Å²) in [5, 5.41) is 5.53. The first kappa shape index (κ1) is 12.1. The molecule has 2 rings (SSSR count). The first-order valence-corrected chi connectivity index (χ1v) is 5.75. The van der Waals surface area contributed by atoms with Crippen molar-refractivity contribution in [2.24, 2.45) is 0 Å². The van der Waals surface area contributed by atoms with Crippen molar-refractivity contribution in [3.05, 3.63) is 59.9 Å². The van der Waals surface area contributed by atoms with Crippen LogP contribution in [-0.2, 0) is 6.54 Å². The highest BCUT2D eigenvalue weighted by Gasteiger charge is 2.02. The molecule has 0 aliphatic heterocycles. The van der Waals surface area contributed by atoms with Crippen LogP contribution in [0.5, 0.6) is 0 Å². The molecule has 0 spiro atoms. The third-order valence-electron chi connectivity index (χ3n) is 2.62. The summed E-state index contributed by atoms with van der Waals surface area (Å²) in [6.45, 7) is 2.54. The second-order valence-electron chi connectivity index (χ2n) is 3.98. The molecule has 18 heavy (non-hydrogen) atoms. The average molecular weight is 241 g/mol. The number of aromatic nitrogens is 1. The molecule has 1 heterocycles. The number of hydrogen-bond acceptors (Lipinski definition) is 2. The van der Waals surface area contributed by atoms with E-state index in [9.17, 15) is 4.79 Å². The Morgan fingerprint density at radius 1 is 1.22 bits per heavy atom. The third kappa shape index (κ3) is 3.31. The Bertz CT molecular complexity index is 526. The van der Waals surface area contributed by atoms with Crippen LogP contribution in [0.1, 0.15) is 11.1 Å². The van der Waals surface area contributed by atoms with E-state index in [4.69, 9.17) is 0 Å². The van der Waals surface area contributed by atoms with Crippen LogP contribution in [0.15, 0.2) is 48.8 Å². The Morgan fingerprint density at radius 3 is 2.78 bits per heavy atom. The summed E-state index contributed by atoms with van der Waals surface area (Å²) in [7, 11) is 0. The highest BCUT2D eigenvalue weighted by Crippen LogP contribution is 2.06. The van der Waals surface area contributed by atoms with Gasteiger partial charge in [0.2, 0.25) is 0 Å². The maximum atomic E-state index is 11.6. The standard InChI is InChI=1S/C14H15N3O/c1-11-5-2-3-6-12(11)9-16-14(18)17-13-7-4-8-15-10-13/h2-8,10H,9H2,1H3,(H2,16,17,18). The Balaban J connectivity index is 1.88. The molecule has 2 amide bonds. The van der Waals surface area contributed by atoms with Gasteiger partial charge in [0.1, 0.15) is 0 Å². The summed E-state index contributed by atoms with van der Waals surface area (Å²) in [5.41, 5.74) is 2.96. The number of anilines is 1. The summed E-state index contributed by atoms with van der Waals surface area (Å²) in [5.74, 6) is 0. The highest BCUT2D eigenvalue weighted by atomic mass is 16.2. The lowest BCUT2D eigenvalue weighted by Gasteiger charge is -2.09. The number of nitrogens with zero attached hydrogens (tertiary/aromatic N) is 1. The summed E-state index contributed by atoms with van der Waals surface area (Å²) < 4.78 is 0. The van der Waals surface area contributed by atoms with Gasteiger partial charge in [0.05, 0.1) is 11.9 Å². The topological polar surface area (TPSA) is 54.0 Å². The largest absolute Gasteiger partial charge is 0.334 e. The van der Waals surface area contributed by atoms with Crippen molar-refractivity contribution in [2.45, 2.75) is 13.5 Å². The number of amides is 2. The molecule has 4 heteroatoms. The van der Waals surface area contributed by atoms with Gasteiger partial charge in [-0.2, -0.15) is 0 Å². The number of carbonyl (C=O) groups excluding carboxylic acids is 1. The molecule has 1 aromatic carbocycles. The summed E-state index contributed by atoms with van der Waals surface area (Å²) in [6, 6.07) is 11.3. The van der Waals surface area contributed by atoms with Crippen molar-refractivity contribution in [3.63, 3.8) is 0 Å². The van der Waals surface area contributed by atoms with Crippen LogP contribution in [-0.4, -0.2) is 11.0 Å². The molecule has 0 radical (unpaired) electrons. The fourth-order valence-electron chi connectivity index (χ4n) is 1.60. The van der Waals surface area contributed by atoms with Crippen LogP contribution in [0.4, 0.5) is 10.5 Å². The van der Waals surface area contributed by atoms with E-state index in [2.05, 4.69) is 15.6 Å². The van der Waals surface area contributed by atoms with Gasteiger partial charge < -0.3 is 10.6 Å². The minimum Gasteiger partial charge on any atom is -0.334 e. The predicted octanol–water partition coefficient (Wildman–Crippen LogP) is 2.71. The van der Waals surface area contributed by atoms with Crippen molar-refractivity contribution < 1.29 is 4.79 Å². The minimum atomic E-state index is -0.230. The summed E-state index contributed by atoms with van der Waals surface area (Å²) in [6.07, 6.45) is 3.27. The molecule has 0 unspecified atom stereocenters. The highest BCUT2D eigenvalue weighted by molar-refractivity contribution is 5.88. The minimum absolute atomic E-state index is 0.230. The van der Waals surface area contributed by atoms with E-state index >= 15 is 0 Å². The molecule has 0 aliphatic carbocycles. The zero-order chi connectivity index (χ0) is 12.8. The van der Waals surface area contributed by atoms with Crippen molar-refractivity contribution >= 4 is 11.7 Å². The second-order valence-corrected chi connectivity index (χ2v) is 3.98. The van der Waals surface area contributed by atoms with E-state index < -0.39 is 0 Å². The first-order chi connectivity index (χ1) is 8.75. The molecule has 1 aromatic heterocycles. The number of urea groups is 1. The van der Waals surface area contributed by atoms with Gasteiger partial charge in [-0.3, -0.25) is 4.98 Å². The Hall–Kier alpha value is -2.36. The van der Waals surface area contributed by atoms with Crippen molar-refractivity contribution in [2.75, 3.05) is 5.32 Å². The van der Waals surface area contributed by atoms with Crippen molar-refractivity contribution in [1.82, 2.24) is 10.3 Å². The van der Waals surface area contributed by atoms with Crippen molar-refractivity contribution in [1.29, 1.82) is 0 Å². The zero-order valence-corrected chi connectivity index (χ0v) is 10.2. The Kier molecular flexibility index (Phi) is 3.91. The van der Waals surface area contributed by atoms with Crippen LogP contribution in [0.25, 0.3) is 0 Å². The SMILES string of the molecule is Cc1ccccc1CNC(=O)Nc1cccnc1. The van der Waals surface area contributed by atoms with E-state index in [1.165, 1.54) is 5.56 Å². The molecule has 2 aromatic rings. The molecule has 4 nitrogen and oxygen atoms in total. The quantitative estimate of drug-likeness (QED) is 0.868. The van der Waals surface area contributed by atoms with Gasteiger partial charge in [-0.05, 0) is 30.2 Å². The Labute approximate surface area is 106 Å².